The van der Waals surface area contributed by atoms with Gasteiger partial charge in [0.15, 0.2) is 11.2 Å². The van der Waals surface area contributed by atoms with Crippen LogP contribution in [0.15, 0.2) is 40.2 Å². The zero-order chi connectivity index (χ0) is 19.6. The second-order valence-electron chi connectivity index (χ2n) is 5.77. The second-order valence-corrected chi connectivity index (χ2v) is 6.21. The van der Waals surface area contributed by atoms with Gasteiger partial charge in [-0.3, -0.25) is 18.7 Å². The first-order valence-corrected chi connectivity index (χ1v) is 8.41. The van der Waals surface area contributed by atoms with Gasteiger partial charge >= 0.3 is 11.7 Å². The Hall–Kier alpha value is -3.07. The number of nitrogens with zero attached hydrogens (tertiary/aromatic N) is 4. The van der Waals surface area contributed by atoms with Crippen LogP contribution in [0.3, 0.4) is 0 Å². The number of benzene rings is 1. The number of carbonyl (C=O) groups is 1. The number of fused-ring (bicyclic) bond motifs is 1. The minimum absolute atomic E-state index is 0.0462. The van der Waals surface area contributed by atoms with Crippen LogP contribution in [0.5, 0.6) is 5.75 Å². The predicted octanol–water partition coefficient (Wildman–Crippen LogP) is 0.709. The van der Waals surface area contributed by atoms with E-state index in [1.807, 2.05) is 0 Å². The normalized spacial score (nSPS) is 10.9. The monoisotopic (exact) mass is 392 g/mol. The van der Waals surface area contributed by atoms with Crippen LogP contribution in [0, 0.1) is 0 Å². The fourth-order valence-corrected chi connectivity index (χ4v) is 2.67. The lowest BCUT2D eigenvalue weighted by molar-refractivity contribution is -0.145. The number of halogens is 1. The standard InChI is InChI=1S/C17H17ClN4O5/c1-20-15-14(16(24)21(2)17(20)25)22(10-19-15)9-13(23)27-8-7-26-12-5-3-11(18)4-6-12/h3-6,10H,7-9H2,1-2H3. The third-order valence-electron chi connectivity index (χ3n) is 3.95. The van der Waals surface area contributed by atoms with Gasteiger partial charge in [0.1, 0.15) is 25.5 Å². The quantitative estimate of drug-likeness (QED) is 0.452. The van der Waals surface area contributed by atoms with E-state index in [-0.39, 0.29) is 30.9 Å². The van der Waals surface area contributed by atoms with E-state index in [1.54, 1.807) is 24.3 Å². The Kier molecular flexibility index (Phi) is 5.31. The Morgan fingerprint density at radius 2 is 1.81 bits per heavy atom. The van der Waals surface area contributed by atoms with Crippen LogP contribution in [0.2, 0.25) is 5.02 Å². The maximum absolute atomic E-state index is 12.3. The Balaban J connectivity index is 1.62. The summed E-state index contributed by atoms with van der Waals surface area (Å²) < 4.78 is 14.1. The van der Waals surface area contributed by atoms with E-state index in [2.05, 4.69) is 4.98 Å². The SMILES string of the molecule is Cn1c(=O)c2c(ncn2CC(=O)OCCOc2ccc(Cl)cc2)n(C)c1=O. The molecular weight excluding hydrogens is 376 g/mol. The molecule has 0 saturated heterocycles. The van der Waals surface area contributed by atoms with E-state index in [4.69, 9.17) is 21.1 Å². The van der Waals surface area contributed by atoms with E-state index in [9.17, 15) is 14.4 Å². The molecule has 0 bridgehead atoms. The van der Waals surface area contributed by atoms with Crippen LogP contribution in [0.25, 0.3) is 11.2 Å². The zero-order valence-corrected chi connectivity index (χ0v) is 15.5. The summed E-state index contributed by atoms with van der Waals surface area (Å²) in [4.78, 5) is 40.3. The molecule has 2 heterocycles. The molecule has 0 fully saturated rings. The van der Waals surface area contributed by atoms with Gasteiger partial charge in [-0.25, -0.2) is 9.78 Å². The van der Waals surface area contributed by atoms with Crippen molar-refractivity contribution in [1.82, 2.24) is 18.7 Å². The van der Waals surface area contributed by atoms with Crippen molar-refractivity contribution in [3.05, 3.63) is 56.5 Å². The van der Waals surface area contributed by atoms with Crippen LogP contribution in [-0.4, -0.2) is 37.9 Å². The van der Waals surface area contributed by atoms with Gasteiger partial charge in [0, 0.05) is 19.1 Å². The number of imidazole rings is 1. The third-order valence-corrected chi connectivity index (χ3v) is 4.20. The topological polar surface area (TPSA) is 97.3 Å². The highest BCUT2D eigenvalue weighted by Gasteiger charge is 2.16. The number of esters is 1. The van der Waals surface area contributed by atoms with Gasteiger partial charge in [0.2, 0.25) is 0 Å². The number of ether oxygens (including phenoxy) is 2. The lowest BCUT2D eigenvalue weighted by atomic mass is 10.3. The summed E-state index contributed by atoms with van der Waals surface area (Å²) in [5.41, 5.74) is -0.639. The molecule has 10 heteroatoms. The molecule has 2 aromatic heterocycles. The smallest absolute Gasteiger partial charge is 0.332 e. The molecule has 27 heavy (non-hydrogen) atoms. The van der Waals surface area contributed by atoms with Crippen molar-refractivity contribution in [3.8, 4) is 5.75 Å². The van der Waals surface area contributed by atoms with Gasteiger partial charge in [-0.2, -0.15) is 0 Å². The Bertz CT molecular complexity index is 1100. The largest absolute Gasteiger partial charge is 0.490 e. The summed E-state index contributed by atoms with van der Waals surface area (Å²) in [5.74, 6) is 0.0605. The number of rotatable bonds is 6. The molecule has 0 aliphatic rings. The average molecular weight is 393 g/mol. The second kappa shape index (κ2) is 7.67. The van der Waals surface area contributed by atoms with Gasteiger partial charge < -0.3 is 14.0 Å². The molecule has 0 radical (unpaired) electrons. The Morgan fingerprint density at radius 1 is 1.11 bits per heavy atom. The molecule has 0 aliphatic heterocycles. The molecule has 0 atom stereocenters. The highest BCUT2D eigenvalue weighted by atomic mass is 35.5. The first-order chi connectivity index (χ1) is 12.9. The van der Waals surface area contributed by atoms with E-state index in [0.717, 1.165) is 4.57 Å². The van der Waals surface area contributed by atoms with Crippen molar-refractivity contribution < 1.29 is 14.3 Å². The molecule has 1 aromatic carbocycles. The summed E-state index contributed by atoms with van der Waals surface area (Å²) >= 11 is 5.79. The molecule has 3 rings (SSSR count). The van der Waals surface area contributed by atoms with E-state index in [1.165, 1.54) is 29.6 Å². The molecule has 0 amide bonds. The van der Waals surface area contributed by atoms with Crippen molar-refractivity contribution in [1.29, 1.82) is 0 Å². The number of hydrogen-bond acceptors (Lipinski definition) is 6. The minimum Gasteiger partial charge on any atom is -0.490 e. The number of aromatic nitrogens is 4. The van der Waals surface area contributed by atoms with Crippen molar-refractivity contribution in [2.24, 2.45) is 14.1 Å². The van der Waals surface area contributed by atoms with Crippen LogP contribution in [0.1, 0.15) is 0 Å². The fourth-order valence-electron chi connectivity index (χ4n) is 2.55. The van der Waals surface area contributed by atoms with Crippen LogP contribution in [-0.2, 0) is 30.2 Å². The number of aryl methyl sites for hydroxylation is 1. The highest BCUT2D eigenvalue weighted by Crippen LogP contribution is 2.15. The van der Waals surface area contributed by atoms with Crippen LogP contribution < -0.4 is 16.0 Å². The average Bonchev–Trinajstić information content (AvgIpc) is 3.07. The minimum atomic E-state index is -0.551. The summed E-state index contributed by atoms with van der Waals surface area (Å²) in [6.45, 7) is 0.0176. The molecule has 142 valence electrons. The van der Waals surface area contributed by atoms with Gasteiger partial charge in [0.05, 0.1) is 6.33 Å². The van der Waals surface area contributed by atoms with Crippen LogP contribution >= 0.6 is 11.6 Å². The molecular formula is C17H17ClN4O5. The first kappa shape index (κ1) is 18.7. The van der Waals surface area contributed by atoms with Crippen molar-refractivity contribution in [3.63, 3.8) is 0 Å². The molecule has 0 N–H and O–H groups in total. The highest BCUT2D eigenvalue weighted by molar-refractivity contribution is 6.30. The lowest BCUT2D eigenvalue weighted by Crippen LogP contribution is -2.37. The maximum Gasteiger partial charge on any atom is 0.332 e. The van der Waals surface area contributed by atoms with Gasteiger partial charge in [-0.15, -0.1) is 0 Å². The van der Waals surface area contributed by atoms with E-state index < -0.39 is 17.2 Å². The van der Waals surface area contributed by atoms with Crippen molar-refractivity contribution >= 4 is 28.7 Å². The molecule has 0 saturated carbocycles. The van der Waals surface area contributed by atoms with Crippen molar-refractivity contribution in [2.45, 2.75) is 6.54 Å². The molecule has 0 spiro atoms. The summed E-state index contributed by atoms with van der Waals surface area (Å²) in [6.07, 6.45) is 1.33. The molecule has 3 aromatic rings. The summed E-state index contributed by atoms with van der Waals surface area (Å²) in [7, 11) is 2.88. The van der Waals surface area contributed by atoms with Gasteiger partial charge in [-0.05, 0) is 24.3 Å². The lowest BCUT2D eigenvalue weighted by Gasteiger charge is -2.09. The van der Waals surface area contributed by atoms with Crippen LogP contribution in [0.4, 0.5) is 0 Å². The number of hydrogen-bond donors (Lipinski definition) is 0. The molecule has 0 aliphatic carbocycles. The Labute approximate surface area is 158 Å². The van der Waals surface area contributed by atoms with Crippen molar-refractivity contribution in [2.75, 3.05) is 13.2 Å². The Morgan fingerprint density at radius 3 is 2.52 bits per heavy atom. The summed E-state index contributed by atoms with van der Waals surface area (Å²) in [5, 5.41) is 0.602. The van der Waals surface area contributed by atoms with E-state index in [0.29, 0.717) is 10.8 Å². The third kappa shape index (κ3) is 3.87. The summed E-state index contributed by atoms with van der Waals surface area (Å²) in [6, 6.07) is 6.81. The van der Waals surface area contributed by atoms with Gasteiger partial charge in [-0.1, -0.05) is 11.6 Å². The molecule has 0 unspecified atom stereocenters. The zero-order valence-electron chi connectivity index (χ0n) is 14.7. The first-order valence-electron chi connectivity index (χ1n) is 8.03. The fraction of sp³-hybridized carbons (Fsp3) is 0.294. The predicted molar refractivity (Wildman–Crippen MR) is 98.1 cm³/mol. The molecule has 9 nitrogen and oxygen atoms in total. The van der Waals surface area contributed by atoms with E-state index >= 15 is 0 Å². The number of carbonyl (C=O) groups excluding carboxylic acids is 1. The van der Waals surface area contributed by atoms with Gasteiger partial charge in [0.25, 0.3) is 5.56 Å². The maximum atomic E-state index is 12.3.